The summed E-state index contributed by atoms with van der Waals surface area (Å²) in [5.74, 6) is 0.891. The highest BCUT2D eigenvalue weighted by molar-refractivity contribution is 5.85. The molecule has 0 radical (unpaired) electrons. The fraction of sp³-hybridized carbons (Fsp3) is 0.750. The van der Waals surface area contributed by atoms with Gasteiger partial charge < -0.3 is 10.1 Å². The van der Waals surface area contributed by atoms with Crippen molar-refractivity contribution in [1.82, 2.24) is 20.1 Å². The van der Waals surface area contributed by atoms with Gasteiger partial charge in [-0.3, -0.25) is 4.79 Å². The number of nitrogens with one attached hydrogen (secondary N) is 1. The van der Waals surface area contributed by atoms with E-state index in [1.807, 2.05) is 13.8 Å². The van der Waals surface area contributed by atoms with Crippen molar-refractivity contribution in [3.8, 4) is 0 Å². The smallest absolute Gasteiger partial charge is 0.157 e. The summed E-state index contributed by atoms with van der Waals surface area (Å²) < 4.78 is 7.03. The van der Waals surface area contributed by atoms with Crippen molar-refractivity contribution in [2.75, 3.05) is 13.7 Å². The van der Waals surface area contributed by atoms with E-state index >= 15 is 0 Å². The van der Waals surface area contributed by atoms with E-state index in [1.54, 1.807) is 11.8 Å². The van der Waals surface area contributed by atoms with Crippen LogP contribution < -0.4 is 5.32 Å². The molecule has 18 heavy (non-hydrogen) atoms. The minimum atomic E-state index is -0.118. The van der Waals surface area contributed by atoms with Gasteiger partial charge in [0.05, 0.1) is 18.6 Å². The summed E-state index contributed by atoms with van der Waals surface area (Å²) in [5, 5.41) is 7.32. The van der Waals surface area contributed by atoms with Crippen molar-refractivity contribution in [2.24, 2.45) is 0 Å². The molecule has 1 aliphatic heterocycles. The number of ether oxygens (including phenoxy) is 1. The number of carbonyl (C=O) groups is 1. The summed E-state index contributed by atoms with van der Waals surface area (Å²) >= 11 is 0. The van der Waals surface area contributed by atoms with Crippen molar-refractivity contribution in [3.63, 3.8) is 0 Å². The van der Waals surface area contributed by atoms with Crippen LogP contribution in [0.5, 0.6) is 0 Å². The summed E-state index contributed by atoms with van der Waals surface area (Å²) in [6.45, 7) is 4.79. The fourth-order valence-corrected chi connectivity index (χ4v) is 2.24. The third-order valence-corrected chi connectivity index (χ3v) is 3.28. The molecule has 2 atom stereocenters. The maximum Gasteiger partial charge on any atom is 0.157 e. The molecule has 1 saturated heterocycles. The number of Topliss-reactive ketones (excluding diaryl/α,β-unsaturated/α-hetero) is 1. The molecule has 1 aliphatic rings. The average molecular weight is 252 g/mol. The molecule has 2 unspecified atom stereocenters. The predicted molar refractivity (Wildman–Crippen MR) is 66.3 cm³/mol. The number of hydrogen-bond donors (Lipinski definition) is 1. The number of rotatable bonds is 5. The summed E-state index contributed by atoms with van der Waals surface area (Å²) in [4.78, 5) is 16.3. The minimum Gasteiger partial charge on any atom is -0.380 e. The second-order valence-corrected chi connectivity index (χ2v) is 4.91. The van der Waals surface area contributed by atoms with Gasteiger partial charge in [-0.2, -0.15) is 5.10 Å². The third kappa shape index (κ3) is 2.76. The molecule has 0 bridgehead atoms. The van der Waals surface area contributed by atoms with Gasteiger partial charge in [-0.25, -0.2) is 9.67 Å². The van der Waals surface area contributed by atoms with Gasteiger partial charge in [0.2, 0.25) is 0 Å². The van der Waals surface area contributed by atoms with Gasteiger partial charge in [-0.15, -0.1) is 0 Å². The molecule has 0 saturated carbocycles. The van der Waals surface area contributed by atoms with E-state index in [9.17, 15) is 4.79 Å². The first-order valence-corrected chi connectivity index (χ1v) is 6.29. The van der Waals surface area contributed by atoms with Crippen molar-refractivity contribution in [1.29, 1.82) is 0 Å². The highest BCUT2D eigenvalue weighted by atomic mass is 16.5. The van der Waals surface area contributed by atoms with Crippen LogP contribution in [-0.2, 0) is 16.0 Å². The molecule has 6 heteroatoms. The SMILES string of the molecule is COC1CNC(C(=O)Cc2ncnn2C(C)C)C1. The van der Waals surface area contributed by atoms with Gasteiger partial charge in [0.15, 0.2) is 5.78 Å². The minimum absolute atomic E-state index is 0.118. The van der Waals surface area contributed by atoms with Gasteiger partial charge in [-0.05, 0) is 20.3 Å². The van der Waals surface area contributed by atoms with Crippen LogP contribution >= 0.6 is 0 Å². The Balaban J connectivity index is 1.97. The van der Waals surface area contributed by atoms with Crippen LogP contribution in [0, 0.1) is 0 Å². The zero-order chi connectivity index (χ0) is 13.1. The summed E-state index contributed by atoms with van der Waals surface area (Å²) in [6.07, 6.45) is 2.71. The van der Waals surface area contributed by atoms with Crippen molar-refractivity contribution in [3.05, 3.63) is 12.2 Å². The van der Waals surface area contributed by atoms with Crippen LogP contribution in [0.1, 0.15) is 32.1 Å². The van der Waals surface area contributed by atoms with E-state index < -0.39 is 0 Å². The zero-order valence-corrected chi connectivity index (χ0v) is 11.1. The van der Waals surface area contributed by atoms with Crippen molar-refractivity contribution < 1.29 is 9.53 Å². The summed E-state index contributed by atoms with van der Waals surface area (Å²) in [5.41, 5.74) is 0. The number of methoxy groups -OCH3 is 1. The number of aromatic nitrogens is 3. The summed E-state index contributed by atoms with van der Waals surface area (Å²) in [6, 6.07) is 0.103. The molecule has 100 valence electrons. The highest BCUT2D eigenvalue weighted by Gasteiger charge is 2.29. The number of nitrogens with zero attached hydrogens (tertiary/aromatic N) is 3. The van der Waals surface area contributed by atoms with E-state index in [-0.39, 0.29) is 24.0 Å². The summed E-state index contributed by atoms with van der Waals surface area (Å²) in [7, 11) is 1.68. The van der Waals surface area contributed by atoms with Crippen LogP contribution in [0.3, 0.4) is 0 Å². The lowest BCUT2D eigenvalue weighted by molar-refractivity contribution is -0.120. The number of carbonyl (C=O) groups excluding carboxylic acids is 1. The predicted octanol–water partition coefficient (Wildman–Crippen LogP) is 0.347. The Bertz CT molecular complexity index is 416. The molecule has 0 amide bonds. The van der Waals surface area contributed by atoms with Crippen LogP contribution in [0.15, 0.2) is 6.33 Å². The second-order valence-electron chi connectivity index (χ2n) is 4.91. The molecule has 0 spiro atoms. The highest BCUT2D eigenvalue weighted by Crippen LogP contribution is 2.13. The zero-order valence-electron chi connectivity index (χ0n) is 11.1. The van der Waals surface area contributed by atoms with E-state index in [0.29, 0.717) is 6.42 Å². The van der Waals surface area contributed by atoms with Gasteiger partial charge in [0, 0.05) is 19.7 Å². The Kier molecular flexibility index (Phi) is 4.08. The van der Waals surface area contributed by atoms with Gasteiger partial charge in [-0.1, -0.05) is 0 Å². The van der Waals surface area contributed by atoms with Gasteiger partial charge in [0.25, 0.3) is 0 Å². The number of ketones is 1. The Morgan fingerprint density at radius 3 is 3.06 bits per heavy atom. The lowest BCUT2D eigenvalue weighted by atomic mass is 10.1. The fourth-order valence-electron chi connectivity index (χ4n) is 2.24. The first-order chi connectivity index (χ1) is 8.61. The molecule has 0 aliphatic carbocycles. The molecule has 1 aromatic heterocycles. The first kappa shape index (κ1) is 13.2. The Hall–Kier alpha value is -1.27. The van der Waals surface area contributed by atoms with Crippen LogP contribution in [0.4, 0.5) is 0 Å². The van der Waals surface area contributed by atoms with Crippen molar-refractivity contribution in [2.45, 2.75) is 44.9 Å². The van der Waals surface area contributed by atoms with E-state index in [0.717, 1.165) is 18.8 Å². The van der Waals surface area contributed by atoms with Crippen LogP contribution in [-0.4, -0.2) is 46.3 Å². The van der Waals surface area contributed by atoms with Crippen LogP contribution in [0.2, 0.25) is 0 Å². The standard InChI is InChI=1S/C12H20N4O2/c1-8(2)16-12(14-7-15-16)5-11(17)10-4-9(18-3)6-13-10/h7-10,13H,4-6H2,1-3H3. The maximum atomic E-state index is 12.1. The maximum absolute atomic E-state index is 12.1. The molecule has 1 fully saturated rings. The van der Waals surface area contributed by atoms with Crippen molar-refractivity contribution >= 4 is 5.78 Å². The molecule has 1 N–H and O–H groups in total. The normalized spacial score (nSPS) is 23.8. The van der Waals surface area contributed by atoms with E-state index in [2.05, 4.69) is 15.4 Å². The average Bonchev–Trinajstić information content (AvgIpc) is 2.96. The van der Waals surface area contributed by atoms with Gasteiger partial charge in [0.1, 0.15) is 12.2 Å². The topological polar surface area (TPSA) is 69.0 Å². The lowest BCUT2D eigenvalue weighted by Gasteiger charge is -2.11. The van der Waals surface area contributed by atoms with Gasteiger partial charge >= 0.3 is 0 Å². The Morgan fingerprint density at radius 1 is 1.67 bits per heavy atom. The first-order valence-electron chi connectivity index (χ1n) is 6.29. The molecular formula is C12H20N4O2. The molecule has 1 aromatic rings. The second kappa shape index (κ2) is 5.58. The van der Waals surface area contributed by atoms with E-state index in [1.165, 1.54) is 6.33 Å². The largest absolute Gasteiger partial charge is 0.380 e. The molecule has 2 rings (SSSR count). The Morgan fingerprint density at radius 2 is 2.44 bits per heavy atom. The lowest BCUT2D eigenvalue weighted by Crippen LogP contribution is -2.32. The van der Waals surface area contributed by atoms with E-state index in [4.69, 9.17) is 4.74 Å². The quantitative estimate of drug-likeness (QED) is 0.818. The molecule has 0 aromatic carbocycles. The third-order valence-electron chi connectivity index (χ3n) is 3.28. The molecule has 6 nitrogen and oxygen atoms in total. The monoisotopic (exact) mass is 252 g/mol. The molecular weight excluding hydrogens is 232 g/mol. The Labute approximate surface area is 107 Å². The van der Waals surface area contributed by atoms with Crippen LogP contribution in [0.25, 0.3) is 0 Å². The molecule has 2 heterocycles. The number of hydrogen-bond acceptors (Lipinski definition) is 5.